The lowest BCUT2D eigenvalue weighted by Gasteiger charge is -2.13. The Morgan fingerprint density at radius 2 is 1.97 bits per heavy atom. The molecule has 3 aromatic rings. The van der Waals surface area contributed by atoms with Gasteiger partial charge in [0.1, 0.15) is 12.1 Å². The molecule has 0 bridgehead atoms. The number of imide groups is 1. The maximum absolute atomic E-state index is 13.4. The molecule has 35 heavy (non-hydrogen) atoms. The highest BCUT2D eigenvalue weighted by molar-refractivity contribution is 8.18. The number of nitrogens with zero attached hydrogens (tertiary/aromatic N) is 4. The van der Waals surface area contributed by atoms with E-state index in [4.69, 9.17) is 16.3 Å². The summed E-state index contributed by atoms with van der Waals surface area (Å²) < 4.78 is 46.4. The average molecular weight is 525 g/mol. The lowest BCUT2D eigenvalue weighted by Crippen LogP contribution is -2.34. The first-order chi connectivity index (χ1) is 16.6. The SMILES string of the molecule is CCOC(=O)CN1C(=O)S/C(=C\c2ccc3c(c2)nnn3Cc2ccc(Cl)cc2C(F)(F)F)C1=O. The van der Waals surface area contributed by atoms with Crippen molar-refractivity contribution in [3.05, 3.63) is 63.0 Å². The van der Waals surface area contributed by atoms with Crippen molar-refractivity contribution in [2.24, 2.45) is 0 Å². The second kappa shape index (κ2) is 9.70. The molecule has 1 aliphatic rings. The molecule has 2 aromatic carbocycles. The number of aromatic nitrogens is 3. The van der Waals surface area contributed by atoms with E-state index >= 15 is 0 Å². The fourth-order valence-corrected chi connectivity index (χ4v) is 4.44. The van der Waals surface area contributed by atoms with Crippen molar-refractivity contribution in [3.63, 3.8) is 0 Å². The number of thioether (sulfide) groups is 1. The van der Waals surface area contributed by atoms with Crippen LogP contribution >= 0.6 is 23.4 Å². The van der Waals surface area contributed by atoms with Crippen molar-refractivity contribution in [3.8, 4) is 0 Å². The highest BCUT2D eigenvalue weighted by Gasteiger charge is 2.37. The van der Waals surface area contributed by atoms with Crippen LogP contribution in [0.15, 0.2) is 41.3 Å². The minimum absolute atomic E-state index is 0.0203. The third-order valence-corrected chi connectivity index (χ3v) is 6.14. The smallest absolute Gasteiger partial charge is 0.416 e. The van der Waals surface area contributed by atoms with Gasteiger partial charge in [0.05, 0.1) is 29.1 Å². The number of esters is 1. The molecule has 1 aromatic heterocycles. The van der Waals surface area contributed by atoms with Crippen LogP contribution in [-0.4, -0.2) is 50.2 Å². The third-order valence-electron chi connectivity index (χ3n) is 5.00. The van der Waals surface area contributed by atoms with Crippen LogP contribution in [0.4, 0.5) is 18.0 Å². The molecule has 0 N–H and O–H groups in total. The van der Waals surface area contributed by atoms with Crippen molar-refractivity contribution in [2.45, 2.75) is 19.6 Å². The summed E-state index contributed by atoms with van der Waals surface area (Å²) in [6.45, 7) is 1.08. The second-order valence-electron chi connectivity index (χ2n) is 7.37. The van der Waals surface area contributed by atoms with Gasteiger partial charge in [-0.25, -0.2) is 4.68 Å². The van der Waals surface area contributed by atoms with E-state index in [-0.39, 0.29) is 28.6 Å². The number of alkyl halides is 3. The van der Waals surface area contributed by atoms with Crippen LogP contribution in [0.1, 0.15) is 23.6 Å². The lowest BCUT2D eigenvalue weighted by atomic mass is 10.1. The predicted molar refractivity (Wildman–Crippen MR) is 122 cm³/mol. The summed E-state index contributed by atoms with van der Waals surface area (Å²) in [5, 5.41) is 7.35. The molecule has 2 heterocycles. The number of rotatable bonds is 6. The summed E-state index contributed by atoms with van der Waals surface area (Å²) in [5.41, 5.74) is 0.498. The molecule has 13 heteroatoms. The standard InChI is InChI=1S/C22H16ClF3N4O4S/c1-2-34-19(31)11-29-20(32)18(35-21(29)33)8-12-3-6-17-16(7-12)27-28-30(17)10-13-4-5-14(23)9-15(13)22(24,25)26/h3-9H,2,10-11H2,1H3/b18-8-. The maximum Gasteiger partial charge on any atom is 0.416 e. The van der Waals surface area contributed by atoms with Crippen molar-refractivity contribution in [1.29, 1.82) is 0 Å². The Hall–Kier alpha value is -3.38. The Morgan fingerprint density at radius 1 is 1.20 bits per heavy atom. The van der Waals surface area contributed by atoms with E-state index in [9.17, 15) is 27.6 Å². The average Bonchev–Trinajstić information content (AvgIpc) is 3.30. The van der Waals surface area contributed by atoms with Crippen LogP contribution in [0, 0.1) is 0 Å². The highest BCUT2D eigenvalue weighted by atomic mass is 35.5. The number of hydrogen-bond donors (Lipinski definition) is 0. The molecule has 1 aliphatic heterocycles. The van der Waals surface area contributed by atoms with E-state index in [2.05, 4.69) is 10.3 Å². The number of fused-ring (bicyclic) bond motifs is 1. The summed E-state index contributed by atoms with van der Waals surface area (Å²) in [6, 6.07) is 8.34. The molecule has 0 aliphatic carbocycles. The zero-order valence-corrected chi connectivity index (χ0v) is 19.6. The first kappa shape index (κ1) is 24.7. The van der Waals surface area contributed by atoms with E-state index in [1.807, 2.05) is 0 Å². The fourth-order valence-electron chi connectivity index (χ4n) is 3.43. The van der Waals surface area contributed by atoms with Gasteiger partial charge >= 0.3 is 12.1 Å². The minimum Gasteiger partial charge on any atom is -0.465 e. The Bertz CT molecular complexity index is 1370. The Labute approximate surface area is 205 Å². The van der Waals surface area contributed by atoms with Crippen molar-refractivity contribution >= 4 is 57.6 Å². The molecule has 8 nitrogen and oxygen atoms in total. The number of ether oxygens (including phenoxy) is 1. The zero-order valence-electron chi connectivity index (χ0n) is 18.0. The van der Waals surface area contributed by atoms with Gasteiger partial charge in [-0.1, -0.05) is 28.9 Å². The van der Waals surface area contributed by atoms with Crippen molar-refractivity contribution in [1.82, 2.24) is 19.9 Å². The molecule has 0 saturated carbocycles. The first-order valence-electron chi connectivity index (χ1n) is 10.2. The van der Waals surface area contributed by atoms with Crippen molar-refractivity contribution < 1.29 is 32.3 Å². The van der Waals surface area contributed by atoms with Gasteiger partial charge < -0.3 is 4.74 Å². The molecule has 0 spiro atoms. The van der Waals surface area contributed by atoms with Gasteiger partial charge in [0.25, 0.3) is 11.1 Å². The summed E-state index contributed by atoms with van der Waals surface area (Å²) in [6.07, 6.45) is -3.12. The molecule has 4 rings (SSSR count). The van der Waals surface area contributed by atoms with Gasteiger partial charge in [-0.15, -0.1) is 5.10 Å². The van der Waals surface area contributed by atoms with Gasteiger partial charge in [0.15, 0.2) is 0 Å². The van der Waals surface area contributed by atoms with Gasteiger partial charge in [0.2, 0.25) is 0 Å². The monoisotopic (exact) mass is 524 g/mol. The number of carbonyl (C=O) groups is 3. The van der Waals surface area contributed by atoms with Crippen LogP contribution in [0.2, 0.25) is 5.02 Å². The molecule has 0 atom stereocenters. The summed E-state index contributed by atoms with van der Waals surface area (Å²) >= 11 is 6.43. The van der Waals surface area contributed by atoms with Crippen molar-refractivity contribution in [2.75, 3.05) is 13.2 Å². The summed E-state index contributed by atoms with van der Waals surface area (Å²) in [4.78, 5) is 37.2. The molecule has 0 radical (unpaired) electrons. The quantitative estimate of drug-likeness (QED) is 0.339. The number of hydrogen-bond acceptors (Lipinski definition) is 7. The summed E-state index contributed by atoms with van der Waals surface area (Å²) in [7, 11) is 0. The molecule has 1 saturated heterocycles. The van der Waals surface area contributed by atoms with Gasteiger partial charge in [-0.05, 0) is 60.2 Å². The molecule has 1 fully saturated rings. The minimum atomic E-state index is -4.58. The Kier molecular flexibility index (Phi) is 6.86. The van der Waals surface area contributed by atoms with E-state index in [1.165, 1.54) is 22.9 Å². The molecular formula is C22H16ClF3N4O4S. The Morgan fingerprint density at radius 3 is 2.69 bits per heavy atom. The topological polar surface area (TPSA) is 94.4 Å². The van der Waals surface area contributed by atoms with Crippen LogP contribution < -0.4 is 0 Å². The van der Waals surface area contributed by atoms with E-state index in [0.717, 1.165) is 11.0 Å². The third kappa shape index (κ3) is 5.33. The lowest BCUT2D eigenvalue weighted by molar-refractivity contribution is -0.146. The normalized spacial score (nSPS) is 15.5. The van der Waals surface area contributed by atoms with Crippen LogP contribution in [-0.2, 0) is 27.0 Å². The fraction of sp³-hybridized carbons (Fsp3) is 0.227. The highest BCUT2D eigenvalue weighted by Crippen LogP contribution is 2.35. The first-order valence-corrected chi connectivity index (χ1v) is 11.4. The second-order valence-corrected chi connectivity index (χ2v) is 8.80. The van der Waals surface area contributed by atoms with Crippen LogP contribution in [0.25, 0.3) is 17.1 Å². The largest absolute Gasteiger partial charge is 0.465 e. The number of carbonyl (C=O) groups excluding carboxylic acids is 3. The molecule has 0 unspecified atom stereocenters. The van der Waals surface area contributed by atoms with Gasteiger partial charge in [-0.3, -0.25) is 19.3 Å². The van der Waals surface area contributed by atoms with Gasteiger partial charge in [-0.2, -0.15) is 13.2 Å². The predicted octanol–water partition coefficient (Wildman–Crippen LogP) is 4.75. The molecule has 2 amide bonds. The zero-order chi connectivity index (χ0) is 25.3. The number of benzene rings is 2. The van der Waals surface area contributed by atoms with E-state index in [0.29, 0.717) is 28.4 Å². The van der Waals surface area contributed by atoms with Crippen LogP contribution in [0.3, 0.4) is 0 Å². The maximum atomic E-state index is 13.4. The van der Waals surface area contributed by atoms with E-state index in [1.54, 1.807) is 25.1 Å². The number of halogens is 4. The van der Waals surface area contributed by atoms with Crippen LogP contribution in [0.5, 0.6) is 0 Å². The molecular weight excluding hydrogens is 509 g/mol. The summed E-state index contributed by atoms with van der Waals surface area (Å²) in [5.74, 6) is -1.32. The number of amides is 2. The molecule has 182 valence electrons. The van der Waals surface area contributed by atoms with E-state index < -0.39 is 35.4 Å². The van der Waals surface area contributed by atoms with Gasteiger partial charge in [0, 0.05) is 5.02 Å². The Balaban J connectivity index is 1.58.